The molecular weight excluding hydrogens is 114 g/mol. The van der Waals surface area contributed by atoms with Gasteiger partial charge in [-0.3, -0.25) is 4.98 Å². The van der Waals surface area contributed by atoms with E-state index in [9.17, 15) is 0 Å². The van der Waals surface area contributed by atoms with Crippen LogP contribution < -0.4 is 0 Å². The lowest BCUT2D eigenvalue weighted by Gasteiger charge is -1.93. The molecule has 47 valence electrons. The standard InChI is InChI=1S/C7H8NO/c1-9-6-7-3-2-4-8-5-7/h2-6H,1H3. The summed E-state index contributed by atoms with van der Waals surface area (Å²) in [4.78, 5) is 3.89. The monoisotopic (exact) mass is 122 g/mol. The lowest BCUT2D eigenvalue weighted by molar-refractivity contribution is 0.292. The van der Waals surface area contributed by atoms with Crippen molar-refractivity contribution in [3.63, 3.8) is 0 Å². The number of nitrogens with zero attached hydrogens (tertiary/aromatic N) is 1. The largest absolute Gasteiger partial charge is 0.374 e. The van der Waals surface area contributed by atoms with Crippen molar-refractivity contribution < 1.29 is 4.74 Å². The summed E-state index contributed by atoms with van der Waals surface area (Å²) in [6.07, 6.45) is 3.47. The summed E-state index contributed by atoms with van der Waals surface area (Å²) < 4.78 is 4.76. The van der Waals surface area contributed by atoms with Crippen LogP contribution in [0.25, 0.3) is 0 Å². The highest BCUT2D eigenvalue weighted by Crippen LogP contribution is 1.97. The first kappa shape index (κ1) is 6.23. The van der Waals surface area contributed by atoms with Crippen molar-refractivity contribution in [2.45, 2.75) is 0 Å². The molecule has 0 unspecified atom stereocenters. The molecule has 0 bridgehead atoms. The highest BCUT2D eigenvalue weighted by atomic mass is 16.5. The van der Waals surface area contributed by atoms with Crippen molar-refractivity contribution in [3.8, 4) is 0 Å². The van der Waals surface area contributed by atoms with Gasteiger partial charge in [0, 0.05) is 25.1 Å². The number of hydrogen-bond acceptors (Lipinski definition) is 2. The number of rotatable bonds is 2. The Balaban J connectivity index is 2.61. The maximum Gasteiger partial charge on any atom is 0.114 e. The average Bonchev–Trinajstić information content (AvgIpc) is 1.91. The Labute approximate surface area is 54.5 Å². The molecule has 0 saturated heterocycles. The third-order valence-corrected chi connectivity index (χ3v) is 0.938. The Morgan fingerprint density at radius 3 is 3.11 bits per heavy atom. The van der Waals surface area contributed by atoms with E-state index in [1.165, 1.54) is 0 Å². The lowest BCUT2D eigenvalue weighted by atomic mass is 10.3. The number of aromatic nitrogens is 1. The Morgan fingerprint density at radius 2 is 2.56 bits per heavy atom. The molecule has 1 aromatic rings. The van der Waals surface area contributed by atoms with Crippen LogP contribution >= 0.6 is 0 Å². The number of hydrogen-bond donors (Lipinski definition) is 0. The van der Waals surface area contributed by atoms with Crippen molar-refractivity contribution in [2.75, 3.05) is 7.11 Å². The SMILES string of the molecule is CO[CH]c1cccnc1. The zero-order chi connectivity index (χ0) is 6.53. The second-order valence-corrected chi connectivity index (χ2v) is 1.64. The van der Waals surface area contributed by atoms with Gasteiger partial charge in [0.2, 0.25) is 0 Å². The molecule has 1 heterocycles. The topological polar surface area (TPSA) is 22.1 Å². The molecule has 0 aromatic carbocycles. The summed E-state index contributed by atoms with van der Waals surface area (Å²) in [6.45, 7) is 1.65. The molecule has 0 aliphatic rings. The van der Waals surface area contributed by atoms with E-state index in [1.807, 2.05) is 12.1 Å². The van der Waals surface area contributed by atoms with Gasteiger partial charge in [0.1, 0.15) is 6.61 Å². The van der Waals surface area contributed by atoms with Crippen molar-refractivity contribution in [2.24, 2.45) is 0 Å². The van der Waals surface area contributed by atoms with Gasteiger partial charge in [-0.15, -0.1) is 0 Å². The van der Waals surface area contributed by atoms with Gasteiger partial charge in [0.15, 0.2) is 0 Å². The fourth-order valence-corrected chi connectivity index (χ4v) is 0.582. The van der Waals surface area contributed by atoms with Crippen LogP contribution in [0.3, 0.4) is 0 Å². The van der Waals surface area contributed by atoms with E-state index >= 15 is 0 Å². The molecule has 0 N–H and O–H groups in total. The smallest absolute Gasteiger partial charge is 0.114 e. The summed E-state index contributed by atoms with van der Waals surface area (Å²) in [5.74, 6) is 0. The molecule has 2 nitrogen and oxygen atoms in total. The number of methoxy groups -OCH3 is 1. The highest BCUT2D eigenvalue weighted by Gasteiger charge is 1.86. The van der Waals surface area contributed by atoms with Gasteiger partial charge in [-0.25, -0.2) is 0 Å². The first-order valence-electron chi connectivity index (χ1n) is 2.69. The molecule has 1 rings (SSSR count). The minimum absolute atomic E-state index is 0.986. The summed E-state index contributed by atoms with van der Waals surface area (Å²) in [5, 5.41) is 0. The third kappa shape index (κ3) is 1.82. The van der Waals surface area contributed by atoms with E-state index < -0.39 is 0 Å². The van der Waals surface area contributed by atoms with Crippen LogP contribution in [0.2, 0.25) is 0 Å². The Morgan fingerprint density at radius 1 is 1.67 bits per heavy atom. The van der Waals surface area contributed by atoms with E-state index in [1.54, 1.807) is 26.1 Å². The van der Waals surface area contributed by atoms with E-state index in [0.29, 0.717) is 0 Å². The number of pyridine rings is 1. The fourth-order valence-electron chi connectivity index (χ4n) is 0.582. The van der Waals surface area contributed by atoms with Crippen molar-refractivity contribution >= 4 is 0 Å². The van der Waals surface area contributed by atoms with Crippen LogP contribution in [-0.4, -0.2) is 12.1 Å². The second kappa shape index (κ2) is 3.20. The molecule has 0 fully saturated rings. The zero-order valence-corrected chi connectivity index (χ0v) is 5.24. The average molecular weight is 122 g/mol. The van der Waals surface area contributed by atoms with Gasteiger partial charge in [0.25, 0.3) is 0 Å². The lowest BCUT2D eigenvalue weighted by Crippen LogP contribution is -1.83. The molecule has 2 heteroatoms. The van der Waals surface area contributed by atoms with Crippen LogP contribution in [0, 0.1) is 6.61 Å². The summed E-state index contributed by atoms with van der Waals surface area (Å²) in [6, 6.07) is 3.79. The first-order valence-corrected chi connectivity index (χ1v) is 2.69. The molecular formula is C7H8NO. The molecule has 0 atom stereocenters. The molecule has 9 heavy (non-hydrogen) atoms. The van der Waals surface area contributed by atoms with Gasteiger partial charge >= 0.3 is 0 Å². The van der Waals surface area contributed by atoms with E-state index in [2.05, 4.69) is 4.98 Å². The normalized spacial score (nSPS) is 9.44. The first-order chi connectivity index (χ1) is 4.43. The van der Waals surface area contributed by atoms with Gasteiger partial charge in [-0.2, -0.15) is 0 Å². The highest BCUT2D eigenvalue weighted by molar-refractivity contribution is 5.14. The molecule has 0 saturated carbocycles. The second-order valence-electron chi connectivity index (χ2n) is 1.64. The molecule has 1 aromatic heterocycles. The molecule has 0 spiro atoms. The van der Waals surface area contributed by atoms with Crippen LogP contribution in [0.15, 0.2) is 24.5 Å². The maximum atomic E-state index is 4.76. The zero-order valence-electron chi connectivity index (χ0n) is 5.24. The van der Waals surface area contributed by atoms with E-state index in [4.69, 9.17) is 4.74 Å². The van der Waals surface area contributed by atoms with E-state index in [0.717, 1.165) is 5.56 Å². The Bertz CT molecular complexity index is 162. The minimum atomic E-state index is 0.986. The van der Waals surface area contributed by atoms with Crippen LogP contribution in [0.4, 0.5) is 0 Å². The molecule has 0 aliphatic heterocycles. The fraction of sp³-hybridized carbons (Fsp3) is 0.143. The predicted octanol–water partition coefficient (Wildman–Crippen LogP) is 1.24. The number of ether oxygens (including phenoxy) is 1. The van der Waals surface area contributed by atoms with Crippen molar-refractivity contribution in [3.05, 3.63) is 36.7 Å². The van der Waals surface area contributed by atoms with Gasteiger partial charge in [0.05, 0.1) is 0 Å². The van der Waals surface area contributed by atoms with Gasteiger partial charge < -0.3 is 4.74 Å². The molecule has 0 amide bonds. The minimum Gasteiger partial charge on any atom is -0.374 e. The Hall–Kier alpha value is -0.890. The maximum absolute atomic E-state index is 4.76. The molecule has 1 radical (unpaired) electrons. The van der Waals surface area contributed by atoms with Gasteiger partial charge in [-0.1, -0.05) is 6.07 Å². The van der Waals surface area contributed by atoms with Crippen LogP contribution in [-0.2, 0) is 4.74 Å². The van der Waals surface area contributed by atoms with Crippen LogP contribution in [0.5, 0.6) is 0 Å². The van der Waals surface area contributed by atoms with Crippen LogP contribution in [0.1, 0.15) is 5.56 Å². The summed E-state index contributed by atoms with van der Waals surface area (Å²) in [5.41, 5.74) is 0.986. The summed E-state index contributed by atoms with van der Waals surface area (Å²) in [7, 11) is 1.62. The van der Waals surface area contributed by atoms with E-state index in [-0.39, 0.29) is 0 Å². The van der Waals surface area contributed by atoms with Crippen molar-refractivity contribution in [1.82, 2.24) is 4.98 Å². The Kier molecular flexibility index (Phi) is 2.22. The van der Waals surface area contributed by atoms with Crippen molar-refractivity contribution in [1.29, 1.82) is 0 Å². The van der Waals surface area contributed by atoms with Gasteiger partial charge in [-0.05, 0) is 6.07 Å². The predicted molar refractivity (Wildman–Crippen MR) is 34.6 cm³/mol. The molecule has 0 aliphatic carbocycles. The third-order valence-electron chi connectivity index (χ3n) is 0.938. The summed E-state index contributed by atoms with van der Waals surface area (Å²) >= 11 is 0. The quantitative estimate of drug-likeness (QED) is 0.588.